The number of likely N-dealkylation sites (tertiary alicyclic amines) is 1. The Kier molecular flexibility index (Phi) is 3.92. The van der Waals surface area contributed by atoms with E-state index < -0.39 is 11.4 Å². The molecule has 1 atom stereocenters. The summed E-state index contributed by atoms with van der Waals surface area (Å²) in [5.41, 5.74) is -0.419. The number of rotatable bonds is 5. The van der Waals surface area contributed by atoms with E-state index in [0.29, 0.717) is 19.3 Å². The Bertz CT molecular complexity index is 398. The van der Waals surface area contributed by atoms with Crippen LogP contribution in [0.25, 0.3) is 0 Å². The van der Waals surface area contributed by atoms with Gasteiger partial charge in [0.15, 0.2) is 0 Å². The molecule has 1 aliphatic carbocycles. The molecule has 19 heavy (non-hydrogen) atoms. The van der Waals surface area contributed by atoms with E-state index in [0.717, 1.165) is 25.7 Å². The topological polar surface area (TPSA) is 74.7 Å². The smallest absolute Gasteiger partial charge is 0.303 e. The van der Waals surface area contributed by atoms with Crippen LogP contribution in [0.4, 0.5) is 0 Å². The summed E-state index contributed by atoms with van der Waals surface area (Å²) in [5, 5.41) is 8.62. The van der Waals surface area contributed by atoms with Gasteiger partial charge in [-0.05, 0) is 32.6 Å². The highest BCUT2D eigenvalue weighted by molar-refractivity contribution is 6.06. The zero-order valence-electron chi connectivity index (χ0n) is 11.4. The molecule has 0 aromatic heterocycles. The highest BCUT2D eigenvalue weighted by Gasteiger charge is 2.53. The average Bonchev–Trinajstić information content (AvgIpc) is 2.86. The molecule has 1 saturated carbocycles. The van der Waals surface area contributed by atoms with Gasteiger partial charge in [-0.2, -0.15) is 0 Å². The number of carboxylic acid groups (broad SMARTS) is 1. The quantitative estimate of drug-likeness (QED) is 0.772. The van der Waals surface area contributed by atoms with Crippen LogP contribution in [0, 0.1) is 5.41 Å². The van der Waals surface area contributed by atoms with Crippen molar-refractivity contribution in [3.63, 3.8) is 0 Å². The summed E-state index contributed by atoms with van der Waals surface area (Å²) in [6.45, 7) is 1.84. The fourth-order valence-electron chi connectivity index (χ4n) is 3.39. The summed E-state index contributed by atoms with van der Waals surface area (Å²) in [4.78, 5) is 36.4. The van der Waals surface area contributed by atoms with Gasteiger partial charge in [0.1, 0.15) is 0 Å². The van der Waals surface area contributed by atoms with E-state index in [1.807, 2.05) is 6.92 Å². The lowest BCUT2D eigenvalue weighted by molar-refractivity contribution is -0.143. The van der Waals surface area contributed by atoms with Crippen molar-refractivity contribution in [1.82, 2.24) is 4.90 Å². The number of carboxylic acids is 1. The van der Waals surface area contributed by atoms with E-state index in [1.165, 1.54) is 4.90 Å². The minimum absolute atomic E-state index is 0.0159. The van der Waals surface area contributed by atoms with Crippen LogP contribution in [0.2, 0.25) is 0 Å². The molecule has 2 rings (SSSR count). The van der Waals surface area contributed by atoms with E-state index in [9.17, 15) is 14.4 Å². The number of hydrogen-bond acceptors (Lipinski definition) is 3. The van der Waals surface area contributed by atoms with Gasteiger partial charge in [-0.1, -0.05) is 12.8 Å². The van der Waals surface area contributed by atoms with E-state index >= 15 is 0 Å². The molecule has 5 heteroatoms. The molecule has 1 saturated heterocycles. The largest absolute Gasteiger partial charge is 0.481 e. The maximum absolute atomic E-state index is 12.5. The molecular formula is C14H21NO4. The second-order valence-corrected chi connectivity index (χ2v) is 5.87. The van der Waals surface area contributed by atoms with Gasteiger partial charge in [0.2, 0.25) is 11.8 Å². The molecule has 2 aliphatic rings. The van der Waals surface area contributed by atoms with Crippen molar-refractivity contribution in [3.8, 4) is 0 Å². The van der Waals surface area contributed by atoms with Gasteiger partial charge in [-0.25, -0.2) is 0 Å². The van der Waals surface area contributed by atoms with Gasteiger partial charge in [0, 0.05) is 18.9 Å². The number of imide groups is 1. The lowest BCUT2D eigenvalue weighted by Crippen LogP contribution is -2.40. The molecular weight excluding hydrogens is 246 g/mol. The third kappa shape index (κ3) is 2.65. The number of hydrogen-bond donors (Lipinski definition) is 1. The monoisotopic (exact) mass is 267 g/mol. The zero-order valence-corrected chi connectivity index (χ0v) is 11.4. The number of aliphatic carboxylic acids is 1. The Balaban J connectivity index is 1.97. The molecule has 0 aromatic rings. The van der Waals surface area contributed by atoms with Crippen LogP contribution in [0.15, 0.2) is 0 Å². The summed E-state index contributed by atoms with van der Waals surface area (Å²) in [7, 11) is 0. The van der Waals surface area contributed by atoms with Gasteiger partial charge in [0.25, 0.3) is 0 Å². The minimum atomic E-state index is -0.835. The van der Waals surface area contributed by atoms with Gasteiger partial charge in [-0.3, -0.25) is 19.3 Å². The SMILES string of the molecule is CC(CCCC(=O)O)N1C(=O)CC2(CCCC2)C1=O. The standard InChI is InChI=1S/C14H21NO4/c1-10(5-4-6-12(17)18)15-11(16)9-14(13(15)19)7-2-3-8-14/h10H,2-9H2,1H3,(H,17,18). The summed E-state index contributed by atoms with van der Waals surface area (Å²) in [6.07, 6.45) is 5.23. The van der Waals surface area contributed by atoms with Crippen molar-refractivity contribution in [2.45, 2.75) is 64.3 Å². The molecule has 1 spiro atoms. The second-order valence-electron chi connectivity index (χ2n) is 5.87. The third-order valence-corrected chi connectivity index (χ3v) is 4.44. The highest BCUT2D eigenvalue weighted by Crippen LogP contribution is 2.47. The Labute approximate surface area is 113 Å². The van der Waals surface area contributed by atoms with Crippen molar-refractivity contribution >= 4 is 17.8 Å². The van der Waals surface area contributed by atoms with Crippen LogP contribution in [-0.4, -0.2) is 33.8 Å². The summed E-state index contributed by atoms with van der Waals surface area (Å²) in [6, 6.07) is -0.181. The van der Waals surface area contributed by atoms with Crippen LogP contribution >= 0.6 is 0 Å². The van der Waals surface area contributed by atoms with Crippen LogP contribution in [0.1, 0.15) is 58.3 Å². The van der Waals surface area contributed by atoms with Crippen molar-refractivity contribution in [1.29, 1.82) is 0 Å². The van der Waals surface area contributed by atoms with Crippen LogP contribution in [0.5, 0.6) is 0 Å². The Morgan fingerprint density at radius 3 is 2.58 bits per heavy atom. The molecule has 1 aliphatic heterocycles. The summed E-state index contributed by atoms with van der Waals surface area (Å²) < 4.78 is 0. The van der Waals surface area contributed by atoms with Crippen molar-refractivity contribution in [2.75, 3.05) is 0 Å². The minimum Gasteiger partial charge on any atom is -0.481 e. The van der Waals surface area contributed by atoms with Gasteiger partial charge in [-0.15, -0.1) is 0 Å². The fourth-order valence-corrected chi connectivity index (χ4v) is 3.39. The Hall–Kier alpha value is -1.39. The first-order chi connectivity index (χ1) is 8.96. The highest BCUT2D eigenvalue weighted by atomic mass is 16.4. The summed E-state index contributed by atoms with van der Waals surface area (Å²) >= 11 is 0. The van der Waals surface area contributed by atoms with Crippen LogP contribution in [0.3, 0.4) is 0 Å². The number of carbonyl (C=O) groups excluding carboxylic acids is 2. The predicted molar refractivity (Wildman–Crippen MR) is 68.3 cm³/mol. The summed E-state index contributed by atoms with van der Waals surface area (Å²) in [5.74, 6) is -0.925. The second kappa shape index (κ2) is 5.31. The maximum Gasteiger partial charge on any atom is 0.303 e. The van der Waals surface area contributed by atoms with Crippen LogP contribution in [-0.2, 0) is 14.4 Å². The molecule has 2 amide bonds. The lowest BCUT2D eigenvalue weighted by atomic mass is 9.84. The predicted octanol–water partition coefficient (Wildman–Crippen LogP) is 1.95. The first-order valence-corrected chi connectivity index (χ1v) is 7.04. The van der Waals surface area contributed by atoms with Gasteiger partial charge < -0.3 is 5.11 Å². The lowest BCUT2D eigenvalue weighted by Gasteiger charge is -2.25. The van der Waals surface area contributed by atoms with E-state index in [2.05, 4.69) is 0 Å². The van der Waals surface area contributed by atoms with Crippen molar-refractivity contribution in [3.05, 3.63) is 0 Å². The van der Waals surface area contributed by atoms with E-state index in [4.69, 9.17) is 5.11 Å². The molecule has 1 heterocycles. The number of amides is 2. The molecule has 1 unspecified atom stereocenters. The molecule has 0 radical (unpaired) electrons. The molecule has 5 nitrogen and oxygen atoms in total. The Morgan fingerprint density at radius 1 is 1.37 bits per heavy atom. The molecule has 0 bridgehead atoms. The first-order valence-electron chi connectivity index (χ1n) is 7.04. The number of carbonyl (C=O) groups is 3. The third-order valence-electron chi connectivity index (χ3n) is 4.44. The first kappa shape index (κ1) is 14.0. The van der Waals surface area contributed by atoms with Gasteiger partial charge in [0.05, 0.1) is 5.41 Å². The zero-order chi connectivity index (χ0) is 14.0. The molecule has 2 fully saturated rings. The fraction of sp³-hybridized carbons (Fsp3) is 0.786. The van der Waals surface area contributed by atoms with Crippen molar-refractivity contribution < 1.29 is 19.5 Å². The normalized spacial score (nSPS) is 23.3. The Morgan fingerprint density at radius 2 is 2.00 bits per heavy atom. The van der Waals surface area contributed by atoms with Crippen molar-refractivity contribution in [2.24, 2.45) is 5.41 Å². The molecule has 1 N–H and O–H groups in total. The van der Waals surface area contributed by atoms with E-state index in [-0.39, 0.29) is 24.3 Å². The maximum atomic E-state index is 12.5. The van der Waals surface area contributed by atoms with E-state index in [1.54, 1.807) is 0 Å². The van der Waals surface area contributed by atoms with Gasteiger partial charge >= 0.3 is 5.97 Å². The average molecular weight is 267 g/mol. The molecule has 0 aromatic carbocycles. The molecule has 106 valence electrons. The number of nitrogens with zero attached hydrogens (tertiary/aromatic N) is 1. The van der Waals surface area contributed by atoms with Crippen LogP contribution < -0.4 is 0 Å².